The van der Waals surface area contributed by atoms with E-state index in [-0.39, 0.29) is 15.7 Å². The van der Waals surface area contributed by atoms with Gasteiger partial charge in [0.1, 0.15) is 0 Å². The van der Waals surface area contributed by atoms with E-state index in [9.17, 15) is 14.4 Å². The standard InChI is InChI=1S/C20H15Cl2N3O4/c1-12-10-16(26)19(24-25(12)13-6-3-2-4-7-13)20(28)29-11-17(27)23-18-14(21)8-5-9-15(18)22/h2-10H,11H2,1H3,(H,23,27). The van der Waals surface area contributed by atoms with Crippen LogP contribution in [0.3, 0.4) is 0 Å². The summed E-state index contributed by atoms with van der Waals surface area (Å²) in [7, 11) is 0. The van der Waals surface area contributed by atoms with Gasteiger partial charge in [0.25, 0.3) is 5.91 Å². The molecule has 3 rings (SSSR count). The second kappa shape index (κ2) is 8.89. The van der Waals surface area contributed by atoms with Crippen molar-refractivity contribution in [2.45, 2.75) is 6.92 Å². The lowest BCUT2D eigenvalue weighted by Gasteiger charge is -2.11. The van der Waals surface area contributed by atoms with Crippen LogP contribution in [0.2, 0.25) is 10.0 Å². The van der Waals surface area contributed by atoms with Crippen molar-refractivity contribution in [1.82, 2.24) is 9.78 Å². The molecule has 0 radical (unpaired) electrons. The molecule has 3 aromatic rings. The number of hydrogen-bond donors (Lipinski definition) is 1. The lowest BCUT2D eigenvalue weighted by atomic mass is 10.3. The zero-order chi connectivity index (χ0) is 21.0. The largest absolute Gasteiger partial charge is 0.451 e. The number of carbonyl (C=O) groups is 2. The van der Waals surface area contributed by atoms with Gasteiger partial charge in [0.05, 0.1) is 21.4 Å². The quantitative estimate of drug-likeness (QED) is 0.622. The number of para-hydroxylation sites is 2. The highest BCUT2D eigenvalue weighted by Gasteiger charge is 2.19. The fourth-order valence-corrected chi connectivity index (χ4v) is 3.00. The molecule has 0 aliphatic rings. The summed E-state index contributed by atoms with van der Waals surface area (Å²) in [6.07, 6.45) is 0. The minimum atomic E-state index is -1.01. The second-order valence-corrected chi connectivity index (χ2v) is 6.78. The monoisotopic (exact) mass is 431 g/mol. The molecule has 0 bridgehead atoms. The Morgan fingerprint density at radius 2 is 1.72 bits per heavy atom. The molecule has 1 amide bonds. The number of aromatic nitrogens is 2. The van der Waals surface area contributed by atoms with Gasteiger partial charge in [-0.2, -0.15) is 5.10 Å². The molecular weight excluding hydrogens is 417 g/mol. The summed E-state index contributed by atoms with van der Waals surface area (Å²) in [5, 5.41) is 7.03. The average Bonchev–Trinajstić information content (AvgIpc) is 2.70. The lowest BCUT2D eigenvalue weighted by molar-refractivity contribution is -0.119. The summed E-state index contributed by atoms with van der Waals surface area (Å²) in [6.45, 7) is 1.05. The van der Waals surface area contributed by atoms with Gasteiger partial charge in [-0.25, -0.2) is 9.48 Å². The molecule has 0 spiro atoms. The van der Waals surface area contributed by atoms with E-state index in [4.69, 9.17) is 27.9 Å². The number of amides is 1. The highest BCUT2D eigenvalue weighted by atomic mass is 35.5. The molecule has 148 valence electrons. The Kier molecular flexibility index (Phi) is 6.31. The van der Waals surface area contributed by atoms with Gasteiger partial charge in [-0.05, 0) is 31.2 Å². The van der Waals surface area contributed by atoms with Crippen LogP contribution in [-0.4, -0.2) is 28.3 Å². The van der Waals surface area contributed by atoms with E-state index in [1.54, 1.807) is 49.4 Å². The first-order valence-corrected chi connectivity index (χ1v) is 9.20. The van der Waals surface area contributed by atoms with Crippen LogP contribution in [0.4, 0.5) is 5.69 Å². The van der Waals surface area contributed by atoms with Crippen molar-refractivity contribution >= 4 is 40.8 Å². The Morgan fingerprint density at radius 3 is 2.38 bits per heavy atom. The van der Waals surface area contributed by atoms with Gasteiger partial charge >= 0.3 is 5.97 Å². The first-order valence-electron chi connectivity index (χ1n) is 8.44. The van der Waals surface area contributed by atoms with Crippen LogP contribution in [0, 0.1) is 6.92 Å². The maximum Gasteiger partial charge on any atom is 0.363 e. The molecule has 1 N–H and O–H groups in total. The van der Waals surface area contributed by atoms with Gasteiger partial charge in [0, 0.05) is 11.8 Å². The number of aryl methyl sites for hydroxylation is 1. The molecule has 9 heteroatoms. The first kappa shape index (κ1) is 20.6. The summed E-state index contributed by atoms with van der Waals surface area (Å²) in [5.74, 6) is -1.68. The fourth-order valence-electron chi connectivity index (χ4n) is 2.51. The van der Waals surface area contributed by atoms with Crippen molar-refractivity contribution in [3.8, 4) is 5.69 Å². The third-order valence-electron chi connectivity index (χ3n) is 3.86. The van der Waals surface area contributed by atoms with Crippen LogP contribution in [0.25, 0.3) is 5.69 Å². The number of nitrogens with zero attached hydrogens (tertiary/aromatic N) is 2. The SMILES string of the molecule is Cc1cc(=O)c(C(=O)OCC(=O)Nc2c(Cl)cccc2Cl)nn1-c1ccccc1. The molecule has 1 heterocycles. The summed E-state index contributed by atoms with van der Waals surface area (Å²) < 4.78 is 6.39. The van der Waals surface area contributed by atoms with E-state index in [2.05, 4.69) is 10.4 Å². The van der Waals surface area contributed by atoms with Gasteiger partial charge in [0.15, 0.2) is 6.61 Å². The van der Waals surface area contributed by atoms with Crippen molar-refractivity contribution in [2.24, 2.45) is 0 Å². The van der Waals surface area contributed by atoms with E-state index < -0.39 is 29.6 Å². The predicted octanol–water partition coefficient (Wildman–Crippen LogP) is 3.64. The predicted molar refractivity (Wildman–Crippen MR) is 110 cm³/mol. The van der Waals surface area contributed by atoms with Crippen LogP contribution in [0.15, 0.2) is 59.4 Å². The topological polar surface area (TPSA) is 90.3 Å². The minimum Gasteiger partial charge on any atom is -0.451 e. The Balaban J connectivity index is 1.74. The van der Waals surface area contributed by atoms with Gasteiger partial charge in [-0.3, -0.25) is 9.59 Å². The van der Waals surface area contributed by atoms with E-state index in [0.717, 1.165) is 0 Å². The van der Waals surface area contributed by atoms with E-state index in [0.29, 0.717) is 11.4 Å². The molecule has 0 aliphatic heterocycles. The minimum absolute atomic E-state index is 0.205. The molecule has 7 nitrogen and oxygen atoms in total. The molecule has 0 aliphatic carbocycles. The van der Waals surface area contributed by atoms with E-state index in [1.807, 2.05) is 6.07 Å². The number of carbonyl (C=O) groups excluding carboxylic acids is 2. The van der Waals surface area contributed by atoms with E-state index >= 15 is 0 Å². The Morgan fingerprint density at radius 1 is 1.07 bits per heavy atom. The summed E-state index contributed by atoms with van der Waals surface area (Å²) in [6, 6.07) is 15.0. The molecule has 1 aromatic heterocycles. The molecule has 0 atom stereocenters. The normalized spacial score (nSPS) is 10.4. The first-order chi connectivity index (χ1) is 13.9. The molecule has 0 unspecified atom stereocenters. The average molecular weight is 432 g/mol. The number of benzene rings is 2. The number of halogens is 2. The van der Waals surface area contributed by atoms with Crippen LogP contribution in [-0.2, 0) is 9.53 Å². The number of nitrogens with one attached hydrogen (secondary N) is 1. The molecule has 2 aromatic carbocycles. The number of esters is 1. The highest BCUT2D eigenvalue weighted by molar-refractivity contribution is 6.39. The van der Waals surface area contributed by atoms with Gasteiger partial charge in [-0.1, -0.05) is 47.5 Å². The number of rotatable bonds is 5. The molecule has 0 fully saturated rings. The zero-order valence-electron chi connectivity index (χ0n) is 15.2. The Bertz CT molecular complexity index is 1110. The highest BCUT2D eigenvalue weighted by Crippen LogP contribution is 2.29. The zero-order valence-corrected chi connectivity index (χ0v) is 16.7. The summed E-state index contributed by atoms with van der Waals surface area (Å²) in [4.78, 5) is 36.6. The van der Waals surface area contributed by atoms with Crippen molar-refractivity contribution in [3.05, 3.63) is 86.3 Å². The van der Waals surface area contributed by atoms with Crippen LogP contribution >= 0.6 is 23.2 Å². The van der Waals surface area contributed by atoms with E-state index in [1.165, 1.54) is 10.7 Å². The van der Waals surface area contributed by atoms with Gasteiger partial charge < -0.3 is 10.1 Å². The van der Waals surface area contributed by atoms with Crippen LogP contribution in [0.5, 0.6) is 0 Å². The second-order valence-electron chi connectivity index (χ2n) is 5.97. The van der Waals surface area contributed by atoms with Crippen molar-refractivity contribution in [2.75, 3.05) is 11.9 Å². The molecule has 0 saturated carbocycles. The summed E-state index contributed by atoms with van der Waals surface area (Å²) in [5.41, 5.74) is 0.392. The van der Waals surface area contributed by atoms with Crippen molar-refractivity contribution < 1.29 is 14.3 Å². The van der Waals surface area contributed by atoms with Crippen molar-refractivity contribution in [3.63, 3.8) is 0 Å². The maximum absolute atomic E-state index is 12.3. The smallest absolute Gasteiger partial charge is 0.363 e. The number of ether oxygens (including phenoxy) is 1. The van der Waals surface area contributed by atoms with Gasteiger partial charge in [-0.15, -0.1) is 0 Å². The molecular formula is C20H15Cl2N3O4. The van der Waals surface area contributed by atoms with Crippen molar-refractivity contribution in [1.29, 1.82) is 0 Å². The third kappa shape index (κ3) is 4.82. The lowest BCUT2D eigenvalue weighted by Crippen LogP contribution is -2.27. The van der Waals surface area contributed by atoms with Crippen LogP contribution in [0.1, 0.15) is 16.2 Å². The number of hydrogen-bond acceptors (Lipinski definition) is 5. The Labute approximate surface area is 175 Å². The fraction of sp³-hybridized carbons (Fsp3) is 0.100. The van der Waals surface area contributed by atoms with Gasteiger partial charge in [0.2, 0.25) is 11.1 Å². The molecule has 29 heavy (non-hydrogen) atoms. The third-order valence-corrected chi connectivity index (χ3v) is 4.49. The summed E-state index contributed by atoms with van der Waals surface area (Å²) >= 11 is 12.0. The van der Waals surface area contributed by atoms with Crippen LogP contribution < -0.4 is 10.7 Å². The number of anilines is 1. The Hall–Kier alpha value is -3.16. The molecule has 0 saturated heterocycles. The maximum atomic E-state index is 12.3.